The first-order valence-corrected chi connectivity index (χ1v) is 28.3. The van der Waals surface area contributed by atoms with Crippen molar-refractivity contribution < 1.29 is 4.42 Å². The second kappa shape index (κ2) is 15.1. The van der Waals surface area contributed by atoms with Gasteiger partial charge in [0.1, 0.15) is 11.2 Å². The summed E-state index contributed by atoms with van der Waals surface area (Å²) in [6, 6.07) is 96.0. The van der Waals surface area contributed by atoms with Gasteiger partial charge in [-0.3, -0.25) is 0 Å². The van der Waals surface area contributed by atoms with Gasteiger partial charge in [-0.2, -0.15) is 0 Å². The summed E-state index contributed by atoms with van der Waals surface area (Å²) in [7, 11) is 0. The Morgan fingerprint density at radius 1 is 0.185 bits per heavy atom. The lowest BCUT2D eigenvalue weighted by Crippen LogP contribution is -1.93. The Morgan fingerprint density at radius 2 is 0.630 bits per heavy atom. The van der Waals surface area contributed by atoms with E-state index in [1.54, 1.807) is 0 Å². The zero-order chi connectivity index (χ0) is 52.3. The highest BCUT2D eigenvalue weighted by Gasteiger charge is 2.34. The Balaban J connectivity index is 0.948. The summed E-state index contributed by atoms with van der Waals surface area (Å²) in [6.45, 7) is 0. The molecule has 0 saturated heterocycles. The van der Waals surface area contributed by atoms with Crippen molar-refractivity contribution in [3.63, 3.8) is 0 Å². The van der Waals surface area contributed by atoms with Crippen LogP contribution in [-0.4, -0.2) is 0 Å². The minimum Gasteiger partial charge on any atom is -0.455 e. The average molecular weight is 1020 g/mol. The molecule has 1 heteroatoms. The molecule has 0 unspecified atom stereocenters. The fraction of sp³-hybridized carbons (Fsp3) is 0. The van der Waals surface area contributed by atoms with Crippen LogP contribution in [0.2, 0.25) is 0 Å². The molecule has 0 spiro atoms. The van der Waals surface area contributed by atoms with Crippen LogP contribution in [0.1, 0.15) is 0 Å². The fourth-order valence-electron chi connectivity index (χ4n) is 16.0. The van der Waals surface area contributed by atoms with Gasteiger partial charge in [0, 0.05) is 21.9 Å². The third-order valence-electron chi connectivity index (χ3n) is 19.0. The lowest BCUT2D eigenvalue weighted by atomic mass is 9.82. The SMILES string of the molecule is c1ccc(-c2ccccc2-c2c3cc4ccccc4c4c5ccccc5c(c5c6ccc7c8ccc9c%10c(ccc(c%11ccc(c25)c6c%117)c%108)-c2c-9c(-c5cccc6c5oc5ccccc56)c5ccccc5c2-c2ccccc2)c34)cc1. The normalized spacial score (nSPS) is 12.7. The molecule has 19 aromatic rings. The lowest BCUT2D eigenvalue weighted by molar-refractivity contribution is 0.670. The van der Waals surface area contributed by atoms with Gasteiger partial charge in [-0.15, -0.1) is 0 Å². The van der Waals surface area contributed by atoms with Gasteiger partial charge >= 0.3 is 0 Å². The van der Waals surface area contributed by atoms with E-state index in [1.807, 2.05) is 0 Å². The van der Waals surface area contributed by atoms with Gasteiger partial charge in [0.2, 0.25) is 0 Å². The van der Waals surface area contributed by atoms with Crippen LogP contribution in [-0.2, 0) is 0 Å². The van der Waals surface area contributed by atoms with E-state index in [4.69, 9.17) is 4.42 Å². The van der Waals surface area contributed by atoms with Crippen molar-refractivity contribution in [3.8, 4) is 66.8 Å². The van der Waals surface area contributed by atoms with Gasteiger partial charge in [-0.25, -0.2) is 0 Å². The molecule has 0 N–H and O–H groups in total. The van der Waals surface area contributed by atoms with Gasteiger partial charge in [0.05, 0.1) is 0 Å². The number of para-hydroxylation sites is 2. The fourth-order valence-corrected chi connectivity index (χ4v) is 16.0. The minimum absolute atomic E-state index is 0.906. The van der Waals surface area contributed by atoms with E-state index in [-0.39, 0.29) is 0 Å². The average Bonchev–Trinajstić information content (AvgIpc) is 2.62. The van der Waals surface area contributed by atoms with Crippen LogP contribution in [0.15, 0.2) is 259 Å². The largest absolute Gasteiger partial charge is 0.455 e. The summed E-state index contributed by atoms with van der Waals surface area (Å²) < 4.78 is 6.93. The van der Waals surface area contributed by atoms with Crippen molar-refractivity contribution >= 4 is 140 Å². The Morgan fingerprint density at radius 3 is 1.36 bits per heavy atom. The van der Waals surface area contributed by atoms with Crippen LogP contribution in [0.4, 0.5) is 0 Å². The summed E-state index contributed by atoms with van der Waals surface area (Å²) in [4.78, 5) is 0. The number of fused-ring (bicyclic) bond motifs is 18. The first kappa shape index (κ1) is 42.4. The second-order valence-electron chi connectivity index (χ2n) is 22.7. The monoisotopic (exact) mass is 1020 g/mol. The van der Waals surface area contributed by atoms with E-state index < -0.39 is 0 Å². The molecule has 368 valence electrons. The Labute approximate surface area is 463 Å². The second-order valence-corrected chi connectivity index (χ2v) is 22.7. The highest BCUT2D eigenvalue weighted by atomic mass is 16.3. The molecule has 0 saturated carbocycles. The molecule has 0 aliphatic heterocycles. The molecule has 1 nitrogen and oxygen atoms in total. The quantitative estimate of drug-likeness (QED) is 0.126. The van der Waals surface area contributed by atoms with Crippen molar-refractivity contribution in [2.45, 2.75) is 0 Å². The number of hydrogen-bond acceptors (Lipinski definition) is 1. The van der Waals surface area contributed by atoms with Crippen LogP contribution in [0.3, 0.4) is 0 Å². The summed E-state index contributed by atoms with van der Waals surface area (Å²) >= 11 is 0. The standard InChI is InChI=1S/C80H42O/c1-3-18-43(19-4-1)46-23-9-10-26-49(46)71-64-42-45-22-7-8-24-47(45)67-52-29-13-14-30-53(52)74(79(64)67)78-62-41-37-57-55-35-39-60-72-59(38-34-54(68(55)72)56-36-40-61(77(71)78)73(62)69(56)57)75-66(44-20-5-2-6-21-44)50-27-11-12-28-51(50)70(76(60)75)63-32-17-31-58-48-25-15-16-33-65(48)81-80(58)63/h1-42H. The van der Waals surface area contributed by atoms with Crippen molar-refractivity contribution in [1.82, 2.24) is 0 Å². The first-order chi connectivity index (χ1) is 40.3. The zero-order valence-corrected chi connectivity index (χ0v) is 43.7. The molecule has 1 aromatic heterocycles. The van der Waals surface area contributed by atoms with E-state index in [2.05, 4.69) is 255 Å². The molecule has 0 bridgehead atoms. The predicted molar refractivity (Wildman–Crippen MR) is 346 cm³/mol. The minimum atomic E-state index is 0.906. The van der Waals surface area contributed by atoms with Crippen LogP contribution in [0.5, 0.6) is 0 Å². The van der Waals surface area contributed by atoms with Crippen LogP contribution in [0, 0.1) is 0 Å². The third kappa shape index (κ3) is 5.19. The summed E-state index contributed by atoms with van der Waals surface area (Å²) in [5.41, 5.74) is 16.8. The molecule has 81 heavy (non-hydrogen) atoms. The number of furan rings is 1. The molecule has 1 heterocycles. The highest BCUT2D eigenvalue weighted by Crippen LogP contribution is 2.62. The molecular weight excluding hydrogens is 977 g/mol. The molecule has 18 aromatic carbocycles. The smallest absolute Gasteiger partial charge is 0.143 e. The van der Waals surface area contributed by atoms with Crippen LogP contribution < -0.4 is 0 Å². The molecule has 0 fully saturated rings. The van der Waals surface area contributed by atoms with Gasteiger partial charge in [0.15, 0.2) is 0 Å². The molecular formula is C80H42O. The maximum absolute atomic E-state index is 6.93. The number of hydrogen-bond donors (Lipinski definition) is 0. The van der Waals surface area contributed by atoms with Gasteiger partial charge in [-0.1, -0.05) is 243 Å². The predicted octanol–water partition coefficient (Wildman–Crippen LogP) is 22.9. The zero-order valence-electron chi connectivity index (χ0n) is 43.7. The van der Waals surface area contributed by atoms with Crippen molar-refractivity contribution in [3.05, 3.63) is 255 Å². The lowest BCUT2D eigenvalue weighted by Gasteiger charge is -2.20. The first-order valence-electron chi connectivity index (χ1n) is 28.3. The topological polar surface area (TPSA) is 13.1 Å². The van der Waals surface area contributed by atoms with E-state index in [9.17, 15) is 0 Å². The maximum Gasteiger partial charge on any atom is 0.143 e. The van der Waals surface area contributed by atoms with Crippen LogP contribution in [0.25, 0.3) is 207 Å². The third-order valence-corrected chi connectivity index (χ3v) is 19.0. The number of rotatable bonds is 4. The van der Waals surface area contributed by atoms with Gasteiger partial charge < -0.3 is 4.42 Å². The molecule has 0 atom stereocenters. The van der Waals surface area contributed by atoms with Crippen molar-refractivity contribution in [2.75, 3.05) is 0 Å². The summed E-state index contributed by atoms with van der Waals surface area (Å²) in [6.07, 6.45) is 0. The van der Waals surface area contributed by atoms with E-state index in [0.717, 1.165) is 27.5 Å². The Bertz CT molecular complexity index is 5960. The van der Waals surface area contributed by atoms with Crippen molar-refractivity contribution in [1.29, 1.82) is 0 Å². The molecule has 20 rings (SSSR count). The van der Waals surface area contributed by atoms with Crippen molar-refractivity contribution in [2.24, 2.45) is 0 Å². The molecule has 0 radical (unpaired) electrons. The highest BCUT2D eigenvalue weighted by molar-refractivity contribution is 6.53. The van der Waals surface area contributed by atoms with E-state index >= 15 is 0 Å². The maximum atomic E-state index is 6.93. The molecule has 1 aliphatic rings. The van der Waals surface area contributed by atoms with Gasteiger partial charge in [-0.05, 0) is 186 Å². The summed E-state index contributed by atoms with van der Waals surface area (Å²) in [5, 5.41) is 31.1. The number of benzene rings is 16. The van der Waals surface area contributed by atoms with E-state index in [0.29, 0.717) is 0 Å². The van der Waals surface area contributed by atoms with Crippen LogP contribution >= 0.6 is 0 Å². The van der Waals surface area contributed by atoms with E-state index in [1.165, 1.54) is 180 Å². The molecule has 1 aliphatic carbocycles. The summed E-state index contributed by atoms with van der Waals surface area (Å²) in [5.74, 6) is 0. The molecule has 0 amide bonds. The Kier molecular flexibility index (Phi) is 7.93. The van der Waals surface area contributed by atoms with Gasteiger partial charge in [0.25, 0.3) is 0 Å². The Hall–Kier alpha value is -10.6.